The van der Waals surface area contributed by atoms with Crippen LogP contribution in [0.4, 0.5) is 0 Å². The highest BCUT2D eigenvalue weighted by Crippen LogP contribution is 2.75. The summed E-state index contributed by atoms with van der Waals surface area (Å²) in [4.78, 5) is 0. The van der Waals surface area contributed by atoms with Crippen LogP contribution in [0.1, 0.15) is 126 Å². The molecule has 0 radical (unpaired) electrons. The highest BCUT2D eigenvalue weighted by Gasteiger charge is 2.67. The summed E-state index contributed by atoms with van der Waals surface area (Å²) >= 11 is 0. The van der Waals surface area contributed by atoms with Gasteiger partial charge in [-0.1, -0.05) is 66.5 Å². The molecular weight excluding hydrogens is 376 g/mol. The number of allylic oxidation sites excluding steroid dienone is 2. The van der Waals surface area contributed by atoms with Crippen LogP contribution in [0, 0.1) is 44.3 Å². The van der Waals surface area contributed by atoms with Crippen molar-refractivity contribution in [2.24, 2.45) is 44.3 Å². The minimum atomic E-state index is -0.119. The lowest BCUT2D eigenvalue weighted by Crippen LogP contribution is -2.64. The van der Waals surface area contributed by atoms with Gasteiger partial charge in [0.2, 0.25) is 0 Å². The van der Waals surface area contributed by atoms with E-state index in [0.29, 0.717) is 33.0 Å². The highest BCUT2D eigenvalue weighted by atomic mass is 16.3. The van der Waals surface area contributed by atoms with E-state index >= 15 is 0 Å². The zero-order valence-electron chi connectivity index (χ0n) is 22.0. The van der Waals surface area contributed by atoms with Gasteiger partial charge in [-0.05, 0) is 115 Å². The van der Waals surface area contributed by atoms with E-state index in [1.54, 1.807) is 0 Å². The second-order valence-electron chi connectivity index (χ2n) is 15.2. The molecule has 5 rings (SSSR count). The molecule has 4 fully saturated rings. The summed E-state index contributed by atoms with van der Waals surface area (Å²) in [6.07, 6.45) is 14.5. The van der Waals surface area contributed by atoms with Gasteiger partial charge in [0.1, 0.15) is 0 Å². The summed E-state index contributed by atoms with van der Waals surface area (Å²) in [5.74, 6) is 1.47. The van der Waals surface area contributed by atoms with Gasteiger partial charge in [-0.2, -0.15) is 0 Å². The third-order valence-corrected chi connectivity index (χ3v) is 12.9. The molecule has 0 unspecified atom stereocenters. The Morgan fingerprint density at radius 1 is 0.677 bits per heavy atom. The fourth-order valence-corrected chi connectivity index (χ4v) is 10.5. The average molecular weight is 427 g/mol. The number of fused-ring (bicyclic) bond motifs is 6. The number of aliphatic hydroxyl groups is 1. The third kappa shape index (κ3) is 2.77. The number of rotatable bonds is 0. The molecule has 0 spiro atoms. The van der Waals surface area contributed by atoms with Crippen LogP contribution in [0.2, 0.25) is 0 Å². The van der Waals surface area contributed by atoms with Crippen LogP contribution in [0.25, 0.3) is 0 Å². The molecule has 0 aromatic rings. The van der Waals surface area contributed by atoms with E-state index in [1.807, 2.05) is 11.1 Å². The fraction of sp³-hybridized carbons (Fsp3) is 0.933. The Labute approximate surface area is 192 Å². The van der Waals surface area contributed by atoms with Crippen LogP contribution in [0.15, 0.2) is 11.1 Å². The molecular formula is C30H50O. The SMILES string of the molecule is CC1(C)CC[C@@]2(C)CC[C@]3(C)C(=C2C1)CC[C@@H]1[C@]2(C)CC[C@H](O)C(C)(C)[C@H]2CC[C@]13C. The molecule has 1 N–H and O–H groups in total. The summed E-state index contributed by atoms with van der Waals surface area (Å²) in [5.41, 5.74) is 6.03. The lowest BCUT2D eigenvalue weighted by molar-refractivity contribution is -0.204. The Morgan fingerprint density at radius 3 is 2.06 bits per heavy atom. The van der Waals surface area contributed by atoms with Crippen LogP contribution < -0.4 is 0 Å². The molecule has 0 heterocycles. The first-order chi connectivity index (χ1) is 14.2. The van der Waals surface area contributed by atoms with Crippen molar-refractivity contribution < 1.29 is 5.11 Å². The molecule has 0 bridgehead atoms. The van der Waals surface area contributed by atoms with E-state index < -0.39 is 0 Å². The van der Waals surface area contributed by atoms with Crippen LogP contribution in [0.3, 0.4) is 0 Å². The van der Waals surface area contributed by atoms with Gasteiger partial charge in [-0.3, -0.25) is 0 Å². The van der Waals surface area contributed by atoms with Gasteiger partial charge in [0, 0.05) is 0 Å². The zero-order chi connectivity index (χ0) is 22.7. The number of aliphatic hydroxyl groups excluding tert-OH is 1. The summed E-state index contributed by atoms with van der Waals surface area (Å²) < 4.78 is 0. The molecule has 0 aromatic carbocycles. The van der Waals surface area contributed by atoms with E-state index in [0.717, 1.165) is 12.3 Å². The lowest BCUT2D eigenvalue weighted by atomic mass is 9.34. The predicted octanol–water partition coefficient (Wildman–Crippen LogP) is 8.31. The van der Waals surface area contributed by atoms with Crippen molar-refractivity contribution in [3.8, 4) is 0 Å². The molecule has 5 aliphatic rings. The van der Waals surface area contributed by atoms with Gasteiger partial charge in [0.25, 0.3) is 0 Å². The van der Waals surface area contributed by atoms with Crippen LogP contribution >= 0.6 is 0 Å². The molecule has 1 heteroatoms. The van der Waals surface area contributed by atoms with Crippen molar-refractivity contribution in [1.29, 1.82) is 0 Å². The maximum Gasteiger partial charge on any atom is 0.0594 e. The summed E-state index contributed by atoms with van der Waals surface area (Å²) in [6.45, 7) is 20.4. The molecule has 176 valence electrons. The Balaban J connectivity index is 1.59. The first-order valence-electron chi connectivity index (χ1n) is 13.6. The van der Waals surface area contributed by atoms with Gasteiger partial charge in [0.15, 0.2) is 0 Å². The Morgan fingerprint density at radius 2 is 1.35 bits per heavy atom. The first kappa shape index (κ1) is 22.5. The van der Waals surface area contributed by atoms with Crippen LogP contribution in [-0.4, -0.2) is 11.2 Å². The molecule has 0 amide bonds. The van der Waals surface area contributed by atoms with Gasteiger partial charge in [-0.25, -0.2) is 0 Å². The summed E-state index contributed by atoms with van der Waals surface area (Å²) in [5, 5.41) is 10.9. The standard InChI is InChI=1S/C30H50O/c1-25(2)15-16-27(5)17-18-29(7)20(21(27)19-25)9-10-23-28(6)13-12-24(31)26(3,4)22(28)11-14-30(23,29)8/h22-24,31H,9-19H2,1-8H3/t22-,23-,24+,27+,28-,29-,30-/m1/s1. The second-order valence-corrected chi connectivity index (χ2v) is 15.2. The van der Waals surface area contributed by atoms with E-state index in [1.165, 1.54) is 64.2 Å². The normalized spacial score (nSPS) is 53.1. The quantitative estimate of drug-likeness (QED) is 0.386. The smallest absolute Gasteiger partial charge is 0.0594 e. The van der Waals surface area contributed by atoms with Crippen molar-refractivity contribution in [3.05, 3.63) is 11.1 Å². The largest absolute Gasteiger partial charge is 0.393 e. The molecule has 4 saturated carbocycles. The van der Waals surface area contributed by atoms with Crippen molar-refractivity contribution >= 4 is 0 Å². The Hall–Kier alpha value is -0.300. The lowest BCUT2D eigenvalue weighted by Gasteiger charge is -2.71. The van der Waals surface area contributed by atoms with E-state index in [-0.39, 0.29) is 11.5 Å². The molecule has 0 saturated heterocycles. The van der Waals surface area contributed by atoms with Crippen molar-refractivity contribution in [1.82, 2.24) is 0 Å². The molecule has 5 aliphatic carbocycles. The monoisotopic (exact) mass is 426 g/mol. The number of hydrogen-bond donors (Lipinski definition) is 1. The molecule has 0 aliphatic heterocycles. The van der Waals surface area contributed by atoms with Crippen LogP contribution in [0.5, 0.6) is 0 Å². The molecule has 1 nitrogen and oxygen atoms in total. The maximum atomic E-state index is 10.9. The van der Waals surface area contributed by atoms with Crippen molar-refractivity contribution in [2.75, 3.05) is 0 Å². The molecule has 31 heavy (non-hydrogen) atoms. The van der Waals surface area contributed by atoms with E-state index in [2.05, 4.69) is 55.4 Å². The predicted molar refractivity (Wildman–Crippen MR) is 131 cm³/mol. The van der Waals surface area contributed by atoms with E-state index in [4.69, 9.17) is 0 Å². The van der Waals surface area contributed by atoms with Crippen molar-refractivity contribution in [2.45, 2.75) is 132 Å². The van der Waals surface area contributed by atoms with Gasteiger partial charge >= 0.3 is 0 Å². The fourth-order valence-electron chi connectivity index (χ4n) is 10.5. The number of hydrogen-bond acceptors (Lipinski definition) is 1. The Kier molecular flexibility index (Phi) is 4.66. The average Bonchev–Trinajstić information content (AvgIpc) is 2.67. The highest BCUT2D eigenvalue weighted by molar-refractivity contribution is 5.38. The summed E-state index contributed by atoms with van der Waals surface area (Å²) in [7, 11) is 0. The van der Waals surface area contributed by atoms with Crippen LogP contribution in [-0.2, 0) is 0 Å². The molecule has 7 atom stereocenters. The Bertz CT molecular complexity index is 803. The van der Waals surface area contributed by atoms with Gasteiger partial charge in [0.05, 0.1) is 6.10 Å². The second kappa shape index (κ2) is 6.43. The van der Waals surface area contributed by atoms with E-state index in [9.17, 15) is 5.11 Å². The van der Waals surface area contributed by atoms with Crippen molar-refractivity contribution in [3.63, 3.8) is 0 Å². The minimum Gasteiger partial charge on any atom is -0.393 e. The third-order valence-electron chi connectivity index (χ3n) is 12.9. The van der Waals surface area contributed by atoms with Gasteiger partial charge in [-0.15, -0.1) is 0 Å². The maximum absolute atomic E-state index is 10.9. The zero-order valence-corrected chi connectivity index (χ0v) is 22.0. The topological polar surface area (TPSA) is 20.2 Å². The van der Waals surface area contributed by atoms with Gasteiger partial charge < -0.3 is 5.11 Å². The first-order valence-corrected chi connectivity index (χ1v) is 13.6. The minimum absolute atomic E-state index is 0.0620. The molecule has 0 aromatic heterocycles. The summed E-state index contributed by atoms with van der Waals surface area (Å²) in [6, 6.07) is 0.